The molecular formula is C18H21N3. The molecule has 0 amide bonds. The zero-order valence-corrected chi connectivity index (χ0v) is 12.8. The third-order valence-corrected chi connectivity index (χ3v) is 3.81. The minimum Gasteiger partial charge on any atom is -0.381 e. The number of anilines is 2. The summed E-state index contributed by atoms with van der Waals surface area (Å²) in [5, 5.41) is 4.75. The number of aromatic nitrogens is 1. The standard InChI is InChI=1S/C18H21N3/c1-13-4-7-16(11-18(13)21(2)3)20-12-14-5-6-15-8-9-19-17(15)10-14/h4-11,19-20H,12H2,1-3H3. The zero-order chi connectivity index (χ0) is 14.8. The summed E-state index contributed by atoms with van der Waals surface area (Å²) in [6.45, 7) is 2.96. The van der Waals surface area contributed by atoms with E-state index in [-0.39, 0.29) is 0 Å². The van der Waals surface area contributed by atoms with Gasteiger partial charge in [0.25, 0.3) is 0 Å². The number of benzene rings is 2. The van der Waals surface area contributed by atoms with Crippen molar-refractivity contribution in [1.29, 1.82) is 0 Å². The Balaban J connectivity index is 1.76. The smallest absolute Gasteiger partial charge is 0.0457 e. The van der Waals surface area contributed by atoms with Crippen LogP contribution in [0, 0.1) is 6.92 Å². The molecule has 3 nitrogen and oxygen atoms in total. The van der Waals surface area contributed by atoms with Gasteiger partial charge in [0.1, 0.15) is 0 Å². The van der Waals surface area contributed by atoms with E-state index in [2.05, 4.69) is 78.7 Å². The van der Waals surface area contributed by atoms with Gasteiger partial charge < -0.3 is 15.2 Å². The molecule has 0 atom stereocenters. The van der Waals surface area contributed by atoms with Crippen LogP contribution in [0.1, 0.15) is 11.1 Å². The van der Waals surface area contributed by atoms with Crippen molar-refractivity contribution in [2.24, 2.45) is 0 Å². The Kier molecular flexibility index (Phi) is 3.57. The second-order valence-electron chi connectivity index (χ2n) is 5.65. The molecule has 3 rings (SSSR count). The van der Waals surface area contributed by atoms with Crippen molar-refractivity contribution in [3.05, 3.63) is 59.8 Å². The number of H-pyrrole nitrogens is 1. The minimum atomic E-state index is 0.824. The van der Waals surface area contributed by atoms with Crippen LogP contribution < -0.4 is 10.2 Å². The van der Waals surface area contributed by atoms with E-state index in [9.17, 15) is 0 Å². The molecule has 0 aliphatic heterocycles. The van der Waals surface area contributed by atoms with Crippen LogP contribution in [0.3, 0.4) is 0 Å². The minimum absolute atomic E-state index is 0.824. The first kappa shape index (κ1) is 13.6. The maximum absolute atomic E-state index is 3.50. The molecule has 1 heterocycles. The quantitative estimate of drug-likeness (QED) is 0.751. The van der Waals surface area contributed by atoms with Crippen LogP contribution in [0.4, 0.5) is 11.4 Å². The van der Waals surface area contributed by atoms with Gasteiger partial charge in [-0.1, -0.05) is 18.2 Å². The summed E-state index contributed by atoms with van der Waals surface area (Å²) in [5.41, 5.74) is 6.15. The van der Waals surface area contributed by atoms with Crippen molar-refractivity contribution in [1.82, 2.24) is 4.98 Å². The van der Waals surface area contributed by atoms with E-state index in [1.165, 1.54) is 27.7 Å². The Morgan fingerprint density at radius 3 is 2.71 bits per heavy atom. The second-order valence-corrected chi connectivity index (χ2v) is 5.65. The number of rotatable bonds is 4. The fraction of sp³-hybridized carbons (Fsp3) is 0.222. The van der Waals surface area contributed by atoms with Gasteiger partial charge >= 0.3 is 0 Å². The molecule has 0 saturated heterocycles. The first-order chi connectivity index (χ1) is 10.1. The van der Waals surface area contributed by atoms with Gasteiger partial charge in [0.2, 0.25) is 0 Å². The highest BCUT2D eigenvalue weighted by atomic mass is 15.1. The summed E-state index contributed by atoms with van der Waals surface area (Å²) in [6, 6.07) is 15.1. The third kappa shape index (κ3) is 2.87. The lowest BCUT2D eigenvalue weighted by atomic mass is 10.1. The topological polar surface area (TPSA) is 31.1 Å². The Bertz CT molecular complexity index is 756. The molecule has 0 saturated carbocycles. The molecule has 0 unspecified atom stereocenters. The van der Waals surface area contributed by atoms with E-state index in [4.69, 9.17) is 0 Å². The van der Waals surface area contributed by atoms with Crippen molar-refractivity contribution in [2.75, 3.05) is 24.3 Å². The van der Waals surface area contributed by atoms with Crippen molar-refractivity contribution < 1.29 is 0 Å². The fourth-order valence-corrected chi connectivity index (χ4v) is 2.61. The molecule has 21 heavy (non-hydrogen) atoms. The highest BCUT2D eigenvalue weighted by Gasteiger charge is 2.03. The molecule has 0 aliphatic rings. The summed E-state index contributed by atoms with van der Waals surface area (Å²) in [6.07, 6.45) is 1.98. The van der Waals surface area contributed by atoms with Crippen LogP contribution >= 0.6 is 0 Å². The summed E-state index contributed by atoms with van der Waals surface area (Å²) in [7, 11) is 4.15. The summed E-state index contributed by atoms with van der Waals surface area (Å²) < 4.78 is 0. The maximum Gasteiger partial charge on any atom is 0.0457 e. The lowest BCUT2D eigenvalue weighted by Crippen LogP contribution is -2.10. The number of nitrogens with one attached hydrogen (secondary N) is 2. The molecule has 3 aromatic rings. The third-order valence-electron chi connectivity index (χ3n) is 3.81. The first-order valence-electron chi connectivity index (χ1n) is 7.21. The van der Waals surface area contributed by atoms with E-state index >= 15 is 0 Å². The average Bonchev–Trinajstić information content (AvgIpc) is 2.93. The highest BCUT2D eigenvalue weighted by molar-refractivity contribution is 5.79. The Labute approximate surface area is 125 Å². The van der Waals surface area contributed by atoms with Gasteiger partial charge in [0, 0.05) is 43.7 Å². The molecule has 2 N–H and O–H groups in total. The first-order valence-corrected chi connectivity index (χ1v) is 7.21. The van der Waals surface area contributed by atoms with E-state index in [1.54, 1.807) is 0 Å². The van der Waals surface area contributed by atoms with Crippen LogP contribution in [0.2, 0.25) is 0 Å². The van der Waals surface area contributed by atoms with Crippen LogP contribution in [0.25, 0.3) is 10.9 Å². The number of hydrogen-bond acceptors (Lipinski definition) is 2. The van der Waals surface area contributed by atoms with Crippen molar-refractivity contribution >= 4 is 22.3 Å². The Morgan fingerprint density at radius 2 is 1.90 bits per heavy atom. The SMILES string of the molecule is Cc1ccc(NCc2ccc3cc[nH]c3c2)cc1N(C)C. The van der Waals surface area contributed by atoms with Crippen LogP contribution in [-0.2, 0) is 6.54 Å². The largest absolute Gasteiger partial charge is 0.381 e. The zero-order valence-electron chi connectivity index (χ0n) is 12.8. The molecule has 1 aromatic heterocycles. The van der Waals surface area contributed by atoms with Gasteiger partial charge in [-0.05, 0) is 47.7 Å². The normalized spacial score (nSPS) is 10.8. The summed E-state index contributed by atoms with van der Waals surface area (Å²) >= 11 is 0. The van der Waals surface area contributed by atoms with Crippen molar-refractivity contribution in [3.8, 4) is 0 Å². The van der Waals surface area contributed by atoms with Gasteiger partial charge in [-0.25, -0.2) is 0 Å². The van der Waals surface area contributed by atoms with E-state index < -0.39 is 0 Å². The van der Waals surface area contributed by atoms with E-state index in [0.29, 0.717) is 0 Å². The van der Waals surface area contributed by atoms with E-state index in [1.807, 2.05) is 6.20 Å². The van der Waals surface area contributed by atoms with Crippen LogP contribution in [0.5, 0.6) is 0 Å². The van der Waals surface area contributed by atoms with Gasteiger partial charge in [-0.2, -0.15) is 0 Å². The van der Waals surface area contributed by atoms with Crippen LogP contribution in [-0.4, -0.2) is 19.1 Å². The fourth-order valence-electron chi connectivity index (χ4n) is 2.61. The maximum atomic E-state index is 3.50. The van der Waals surface area contributed by atoms with Gasteiger partial charge in [0.15, 0.2) is 0 Å². The monoisotopic (exact) mass is 279 g/mol. The summed E-state index contributed by atoms with van der Waals surface area (Å²) in [5.74, 6) is 0. The lowest BCUT2D eigenvalue weighted by molar-refractivity contribution is 1.10. The molecule has 108 valence electrons. The molecule has 0 aliphatic carbocycles. The average molecular weight is 279 g/mol. The van der Waals surface area contributed by atoms with Gasteiger partial charge in [0.05, 0.1) is 0 Å². The second kappa shape index (κ2) is 5.52. The molecule has 0 spiro atoms. The van der Waals surface area contributed by atoms with E-state index in [0.717, 1.165) is 12.2 Å². The predicted octanol–water partition coefficient (Wildman–Crippen LogP) is 4.15. The molecule has 0 radical (unpaired) electrons. The molecule has 0 bridgehead atoms. The number of hydrogen-bond donors (Lipinski definition) is 2. The van der Waals surface area contributed by atoms with Gasteiger partial charge in [-0.3, -0.25) is 0 Å². The molecule has 3 heteroatoms. The molecule has 2 aromatic carbocycles. The number of fused-ring (bicyclic) bond motifs is 1. The molecule has 0 fully saturated rings. The molecular weight excluding hydrogens is 258 g/mol. The van der Waals surface area contributed by atoms with Crippen molar-refractivity contribution in [3.63, 3.8) is 0 Å². The van der Waals surface area contributed by atoms with Gasteiger partial charge in [-0.15, -0.1) is 0 Å². The highest BCUT2D eigenvalue weighted by Crippen LogP contribution is 2.23. The lowest BCUT2D eigenvalue weighted by Gasteiger charge is -2.17. The predicted molar refractivity (Wildman–Crippen MR) is 91.1 cm³/mol. The van der Waals surface area contributed by atoms with Crippen LogP contribution in [0.15, 0.2) is 48.7 Å². The Morgan fingerprint density at radius 1 is 1.05 bits per heavy atom. The Hall–Kier alpha value is -2.42. The van der Waals surface area contributed by atoms with Crippen molar-refractivity contribution in [2.45, 2.75) is 13.5 Å². The summed E-state index contributed by atoms with van der Waals surface area (Å²) in [4.78, 5) is 5.40. The number of aromatic amines is 1. The number of aryl methyl sites for hydroxylation is 1. The number of nitrogens with zero attached hydrogens (tertiary/aromatic N) is 1.